The topological polar surface area (TPSA) is 49.7 Å². The highest BCUT2D eigenvalue weighted by atomic mass is 16.5. The fraction of sp³-hybridized carbons (Fsp3) is 0.250. The van der Waals surface area contributed by atoms with E-state index >= 15 is 0 Å². The first-order valence-electron chi connectivity index (χ1n) is 6.43. The Morgan fingerprint density at radius 3 is 2.53 bits per heavy atom. The maximum Gasteiger partial charge on any atom is 0.126 e. The van der Waals surface area contributed by atoms with E-state index in [9.17, 15) is 10.2 Å². The Morgan fingerprint density at radius 2 is 1.74 bits per heavy atom. The van der Waals surface area contributed by atoms with Gasteiger partial charge in [-0.3, -0.25) is 0 Å². The van der Waals surface area contributed by atoms with E-state index in [1.165, 1.54) is 5.56 Å². The van der Waals surface area contributed by atoms with E-state index < -0.39 is 0 Å². The van der Waals surface area contributed by atoms with Crippen LogP contribution in [-0.2, 0) is 12.8 Å². The summed E-state index contributed by atoms with van der Waals surface area (Å²) >= 11 is 0. The van der Waals surface area contributed by atoms with Crippen molar-refractivity contribution in [3.8, 4) is 17.2 Å². The van der Waals surface area contributed by atoms with Gasteiger partial charge in [-0.05, 0) is 42.2 Å². The number of phenolic OH excluding ortho intramolecular Hbond substituents is 2. The molecule has 0 saturated heterocycles. The lowest BCUT2D eigenvalue weighted by Gasteiger charge is -2.25. The molecule has 0 bridgehead atoms. The normalized spacial score (nSPS) is 17.6. The summed E-state index contributed by atoms with van der Waals surface area (Å²) in [4.78, 5) is 0. The van der Waals surface area contributed by atoms with Crippen molar-refractivity contribution in [2.75, 3.05) is 6.61 Å². The van der Waals surface area contributed by atoms with Gasteiger partial charge in [-0.25, -0.2) is 0 Å². The molecule has 0 spiro atoms. The molecule has 1 aliphatic rings. The monoisotopic (exact) mass is 256 g/mol. The van der Waals surface area contributed by atoms with Gasteiger partial charge in [0.05, 0.1) is 6.61 Å². The molecule has 0 radical (unpaired) electrons. The van der Waals surface area contributed by atoms with Crippen molar-refractivity contribution in [2.45, 2.75) is 12.8 Å². The van der Waals surface area contributed by atoms with Crippen LogP contribution in [0.15, 0.2) is 42.5 Å². The van der Waals surface area contributed by atoms with Gasteiger partial charge in [-0.15, -0.1) is 0 Å². The van der Waals surface area contributed by atoms with Gasteiger partial charge in [0.2, 0.25) is 0 Å². The highest BCUT2D eigenvalue weighted by Gasteiger charge is 2.20. The van der Waals surface area contributed by atoms with Crippen LogP contribution in [0.1, 0.15) is 11.1 Å². The summed E-state index contributed by atoms with van der Waals surface area (Å²) in [6.45, 7) is 0.664. The molecule has 0 amide bonds. The fourth-order valence-corrected chi connectivity index (χ4v) is 2.52. The number of hydrogen-bond donors (Lipinski definition) is 2. The van der Waals surface area contributed by atoms with Crippen molar-refractivity contribution in [1.82, 2.24) is 0 Å². The second-order valence-corrected chi connectivity index (χ2v) is 5.04. The molecule has 0 saturated carbocycles. The van der Waals surface area contributed by atoms with Gasteiger partial charge in [0.15, 0.2) is 0 Å². The van der Waals surface area contributed by atoms with Gasteiger partial charge >= 0.3 is 0 Å². The van der Waals surface area contributed by atoms with E-state index in [1.54, 1.807) is 24.3 Å². The predicted molar refractivity (Wildman–Crippen MR) is 72.6 cm³/mol. The number of phenols is 2. The number of rotatable bonds is 2. The number of benzene rings is 2. The van der Waals surface area contributed by atoms with Crippen LogP contribution in [0.4, 0.5) is 0 Å². The Hall–Kier alpha value is -2.16. The van der Waals surface area contributed by atoms with Crippen molar-refractivity contribution in [1.29, 1.82) is 0 Å². The fourth-order valence-electron chi connectivity index (χ4n) is 2.52. The smallest absolute Gasteiger partial charge is 0.126 e. The molecule has 2 aromatic carbocycles. The predicted octanol–water partition coefficient (Wildman–Crippen LogP) is 2.89. The van der Waals surface area contributed by atoms with Crippen LogP contribution >= 0.6 is 0 Å². The first-order valence-corrected chi connectivity index (χ1v) is 6.43. The van der Waals surface area contributed by atoms with Crippen LogP contribution in [0.25, 0.3) is 0 Å². The Bertz CT molecular complexity index is 575. The molecule has 0 fully saturated rings. The maximum absolute atomic E-state index is 9.41. The highest BCUT2D eigenvalue weighted by Crippen LogP contribution is 2.31. The van der Waals surface area contributed by atoms with E-state index in [1.807, 2.05) is 18.2 Å². The third-order valence-electron chi connectivity index (χ3n) is 3.49. The molecule has 3 heteroatoms. The van der Waals surface area contributed by atoms with E-state index in [0.29, 0.717) is 18.3 Å². The third-order valence-corrected chi connectivity index (χ3v) is 3.49. The Kier molecular flexibility index (Phi) is 3.03. The summed E-state index contributed by atoms with van der Waals surface area (Å²) in [5.41, 5.74) is 2.35. The van der Waals surface area contributed by atoms with Crippen LogP contribution in [0, 0.1) is 5.92 Å². The van der Waals surface area contributed by atoms with Gasteiger partial charge in [0.1, 0.15) is 17.2 Å². The van der Waals surface area contributed by atoms with Crippen molar-refractivity contribution in [3.63, 3.8) is 0 Å². The van der Waals surface area contributed by atoms with E-state index in [4.69, 9.17) is 4.74 Å². The summed E-state index contributed by atoms with van der Waals surface area (Å²) in [6.07, 6.45) is 1.89. The van der Waals surface area contributed by atoms with Gasteiger partial charge in [0, 0.05) is 12.0 Å². The molecule has 0 aliphatic carbocycles. The molecular formula is C16H16O3. The van der Waals surface area contributed by atoms with Crippen LogP contribution in [-0.4, -0.2) is 16.8 Å². The first-order chi connectivity index (χ1) is 9.20. The SMILES string of the molecule is Oc1ccc(C[C@H]2COc3cc(O)ccc3C2)cc1. The lowest BCUT2D eigenvalue weighted by atomic mass is 9.91. The maximum atomic E-state index is 9.41. The zero-order valence-corrected chi connectivity index (χ0v) is 10.5. The molecule has 0 unspecified atom stereocenters. The second-order valence-electron chi connectivity index (χ2n) is 5.04. The van der Waals surface area contributed by atoms with Crippen molar-refractivity contribution in [3.05, 3.63) is 53.6 Å². The Labute approximate surface area is 112 Å². The van der Waals surface area contributed by atoms with Crippen LogP contribution < -0.4 is 4.74 Å². The number of fused-ring (bicyclic) bond motifs is 1. The average molecular weight is 256 g/mol. The quantitative estimate of drug-likeness (QED) is 0.868. The molecule has 0 aromatic heterocycles. The molecular weight excluding hydrogens is 240 g/mol. The van der Waals surface area contributed by atoms with Gasteiger partial charge in [-0.2, -0.15) is 0 Å². The Balaban J connectivity index is 1.72. The lowest BCUT2D eigenvalue weighted by molar-refractivity contribution is 0.220. The standard InChI is InChI=1S/C16H16O3/c17-14-4-1-11(2-5-14)7-12-8-13-3-6-15(18)9-16(13)19-10-12/h1-6,9,12,17-18H,7-8,10H2/t12-/m1/s1. The molecule has 2 N–H and O–H groups in total. The third kappa shape index (κ3) is 2.65. The largest absolute Gasteiger partial charge is 0.508 e. The van der Waals surface area contributed by atoms with Crippen LogP contribution in [0.3, 0.4) is 0 Å². The number of hydrogen-bond acceptors (Lipinski definition) is 3. The minimum absolute atomic E-state index is 0.246. The summed E-state index contributed by atoms with van der Waals surface area (Å²) in [6, 6.07) is 12.6. The van der Waals surface area contributed by atoms with Crippen molar-refractivity contribution < 1.29 is 14.9 Å². The summed E-state index contributed by atoms with van der Waals surface area (Å²) in [7, 11) is 0. The summed E-state index contributed by atoms with van der Waals surface area (Å²) < 4.78 is 5.70. The number of aromatic hydroxyl groups is 2. The average Bonchev–Trinajstić information content (AvgIpc) is 2.42. The van der Waals surface area contributed by atoms with Gasteiger partial charge < -0.3 is 14.9 Å². The summed E-state index contributed by atoms with van der Waals surface area (Å²) in [5.74, 6) is 1.77. The molecule has 19 heavy (non-hydrogen) atoms. The van der Waals surface area contributed by atoms with E-state index in [0.717, 1.165) is 24.2 Å². The van der Waals surface area contributed by atoms with E-state index in [-0.39, 0.29) is 5.75 Å². The van der Waals surface area contributed by atoms with Gasteiger partial charge in [-0.1, -0.05) is 18.2 Å². The minimum Gasteiger partial charge on any atom is -0.508 e. The molecule has 98 valence electrons. The zero-order valence-electron chi connectivity index (χ0n) is 10.5. The lowest BCUT2D eigenvalue weighted by Crippen LogP contribution is -2.22. The van der Waals surface area contributed by atoms with Crippen LogP contribution in [0.2, 0.25) is 0 Å². The molecule has 1 atom stereocenters. The molecule has 3 rings (SSSR count). The second kappa shape index (κ2) is 4.84. The molecule has 1 heterocycles. The highest BCUT2D eigenvalue weighted by molar-refractivity contribution is 5.41. The molecule has 3 nitrogen and oxygen atoms in total. The zero-order chi connectivity index (χ0) is 13.2. The first kappa shape index (κ1) is 11.9. The number of ether oxygens (including phenoxy) is 1. The summed E-state index contributed by atoms with van der Waals surface area (Å²) in [5, 5.41) is 18.7. The van der Waals surface area contributed by atoms with E-state index in [2.05, 4.69) is 0 Å². The van der Waals surface area contributed by atoms with Crippen molar-refractivity contribution in [2.24, 2.45) is 5.92 Å². The van der Waals surface area contributed by atoms with Gasteiger partial charge in [0.25, 0.3) is 0 Å². The Morgan fingerprint density at radius 1 is 1.00 bits per heavy atom. The molecule has 2 aromatic rings. The van der Waals surface area contributed by atoms with Crippen LogP contribution in [0.5, 0.6) is 17.2 Å². The molecule has 1 aliphatic heterocycles. The minimum atomic E-state index is 0.246. The van der Waals surface area contributed by atoms with Crippen molar-refractivity contribution >= 4 is 0 Å².